The molecule has 7 heavy (non-hydrogen) atoms. The molecule has 0 fully saturated rings. The summed E-state index contributed by atoms with van der Waals surface area (Å²) in [5.41, 5.74) is 0. The number of halogens is 1. The molecule has 0 aromatic heterocycles. The summed E-state index contributed by atoms with van der Waals surface area (Å²) in [7, 11) is 0. The molecule has 0 rings (SSSR count). The van der Waals surface area contributed by atoms with Crippen molar-refractivity contribution in [2.75, 3.05) is 0 Å². The van der Waals surface area contributed by atoms with Gasteiger partial charge in [0.25, 0.3) is 0 Å². The van der Waals surface area contributed by atoms with E-state index in [1.807, 2.05) is 0 Å². The maximum absolute atomic E-state index is 11.0. The van der Waals surface area contributed by atoms with Crippen molar-refractivity contribution < 1.29 is 14.3 Å². The van der Waals surface area contributed by atoms with E-state index in [1.54, 1.807) is 0 Å². The van der Waals surface area contributed by atoms with E-state index < -0.39 is 11.8 Å². The van der Waals surface area contributed by atoms with E-state index in [0.29, 0.717) is 0 Å². The van der Waals surface area contributed by atoms with Crippen molar-refractivity contribution >= 4 is 35.5 Å². The molecule has 36 valence electrons. The van der Waals surface area contributed by atoms with Crippen molar-refractivity contribution in [1.29, 1.82) is 0 Å². The molecule has 1 N–H and O–H groups in total. The zero-order chi connectivity index (χ0) is 5.15. The summed E-state index contributed by atoms with van der Waals surface area (Å²) in [4.78, 5) is 9.22. The maximum atomic E-state index is 11.0. The second kappa shape index (κ2) is 4.30. The molecule has 0 aliphatic rings. The SMILES string of the molecule is C=C(F)C(=O)O.[NaH]. The van der Waals surface area contributed by atoms with Gasteiger partial charge in [-0.1, -0.05) is 6.58 Å². The summed E-state index contributed by atoms with van der Waals surface area (Å²) in [5, 5.41) is 7.52. The molecule has 0 radical (unpaired) electrons. The fraction of sp³-hybridized carbons (Fsp3) is 0. The van der Waals surface area contributed by atoms with Gasteiger partial charge >= 0.3 is 35.5 Å². The van der Waals surface area contributed by atoms with E-state index in [1.165, 1.54) is 0 Å². The van der Waals surface area contributed by atoms with Gasteiger partial charge in [0.15, 0.2) is 0 Å². The van der Waals surface area contributed by atoms with E-state index in [9.17, 15) is 9.18 Å². The van der Waals surface area contributed by atoms with Crippen LogP contribution >= 0.6 is 0 Å². The van der Waals surface area contributed by atoms with Gasteiger partial charge in [0.2, 0.25) is 5.83 Å². The van der Waals surface area contributed by atoms with E-state index in [2.05, 4.69) is 6.58 Å². The number of carbonyl (C=O) groups is 1. The molecule has 0 aromatic rings. The van der Waals surface area contributed by atoms with Gasteiger partial charge in [0.1, 0.15) is 0 Å². The van der Waals surface area contributed by atoms with Gasteiger partial charge in [-0.3, -0.25) is 0 Å². The summed E-state index contributed by atoms with van der Waals surface area (Å²) in [6.45, 7) is 2.49. The van der Waals surface area contributed by atoms with Crippen molar-refractivity contribution in [3.63, 3.8) is 0 Å². The molecule has 0 bridgehead atoms. The van der Waals surface area contributed by atoms with Gasteiger partial charge in [0.05, 0.1) is 0 Å². The van der Waals surface area contributed by atoms with Gasteiger partial charge in [0, 0.05) is 0 Å². The first kappa shape index (κ1) is 10.2. The summed E-state index contributed by atoms with van der Waals surface area (Å²) >= 11 is 0. The third kappa shape index (κ3) is 6.14. The molecule has 0 saturated heterocycles. The van der Waals surface area contributed by atoms with Crippen molar-refractivity contribution in [3.8, 4) is 0 Å². The number of carboxylic acids is 1. The Labute approximate surface area is 62.3 Å². The van der Waals surface area contributed by atoms with Crippen LogP contribution in [-0.2, 0) is 4.79 Å². The van der Waals surface area contributed by atoms with E-state index >= 15 is 0 Å². The van der Waals surface area contributed by atoms with Gasteiger partial charge in [-0.25, -0.2) is 4.79 Å². The Hall–Kier alpha value is 0.140. The number of rotatable bonds is 1. The predicted octanol–water partition coefficient (Wildman–Crippen LogP) is -0.0943. The second-order valence-electron chi connectivity index (χ2n) is 0.710. The minimum absolute atomic E-state index is 0. The van der Waals surface area contributed by atoms with Crippen molar-refractivity contribution in [2.45, 2.75) is 0 Å². The predicted molar refractivity (Wildman–Crippen MR) is 25.0 cm³/mol. The molecule has 0 unspecified atom stereocenters. The Kier molecular flexibility index (Phi) is 6.26. The molecular weight excluding hydrogens is 110 g/mol. The van der Waals surface area contributed by atoms with Crippen LogP contribution in [0.1, 0.15) is 0 Å². The number of hydrogen-bond donors (Lipinski definition) is 1. The van der Waals surface area contributed by atoms with Crippen molar-refractivity contribution in [1.82, 2.24) is 0 Å². The molecule has 4 heteroatoms. The average Bonchev–Trinajstić information content (AvgIpc) is 1.36. The topological polar surface area (TPSA) is 37.3 Å². The van der Waals surface area contributed by atoms with Gasteiger partial charge in [-0.15, -0.1) is 0 Å². The zero-order valence-corrected chi connectivity index (χ0v) is 2.94. The van der Waals surface area contributed by atoms with Gasteiger partial charge < -0.3 is 5.11 Å². The molecule has 0 atom stereocenters. The molecule has 0 heterocycles. The Bertz CT molecular complexity index is 78.9. The summed E-state index contributed by atoms with van der Waals surface area (Å²) in [6, 6.07) is 0. The van der Waals surface area contributed by atoms with Gasteiger partial charge in [-0.05, 0) is 0 Å². The van der Waals surface area contributed by atoms with Crippen LogP contribution in [0.2, 0.25) is 0 Å². The number of hydrogen-bond acceptors (Lipinski definition) is 1. The molecular formula is C3H4FNaO2. The quantitative estimate of drug-likeness (QED) is 0.382. The molecule has 0 spiro atoms. The van der Waals surface area contributed by atoms with Crippen LogP contribution in [0.5, 0.6) is 0 Å². The third-order valence-electron chi connectivity index (χ3n) is 0.232. The standard InChI is InChI=1S/C3H3FO2.Na.H/c1-2(4)3(5)6;;/h1H2,(H,5,6);;. The van der Waals surface area contributed by atoms with E-state index in [0.717, 1.165) is 0 Å². The van der Waals surface area contributed by atoms with Crippen LogP contribution in [0.25, 0.3) is 0 Å². The first-order chi connectivity index (χ1) is 2.64. The normalized spacial score (nSPS) is 6.43. The monoisotopic (exact) mass is 114 g/mol. The van der Waals surface area contributed by atoms with Crippen molar-refractivity contribution in [3.05, 3.63) is 12.4 Å². The Morgan fingerprint density at radius 1 is 1.71 bits per heavy atom. The van der Waals surface area contributed by atoms with E-state index in [-0.39, 0.29) is 29.6 Å². The second-order valence-corrected chi connectivity index (χ2v) is 0.710. The number of carboxylic acid groups (broad SMARTS) is 1. The van der Waals surface area contributed by atoms with Crippen LogP contribution in [0, 0.1) is 0 Å². The van der Waals surface area contributed by atoms with E-state index in [4.69, 9.17) is 5.11 Å². The molecule has 0 saturated carbocycles. The Morgan fingerprint density at radius 2 is 1.86 bits per heavy atom. The summed E-state index contributed by atoms with van der Waals surface area (Å²) < 4.78 is 11.0. The van der Waals surface area contributed by atoms with Crippen LogP contribution in [0.3, 0.4) is 0 Å². The van der Waals surface area contributed by atoms with Crippen LogP contribution in [-0.4, -0.2) is 40.6 Å². The van der Waals surface area contributed by atoms with Crippen LogP contribution in [0.15, 0.2) is 12.4 Å². The van der Waals surface area contributed by atoms with Crippen LogP contribution < -0.4 is 0 Å². The number of aliphatic carboxylic acids is 1. The Morgan fingerprint density at radius 3 is 1.86 bits per heavy atom. The molecule has 0 aliphatic heterocycles. The average molecular weight is 114 g/mol. The molecule has 0 aromatic carbocycles. The molecule has 0 aliphatic carbocycles. The van der Waals surface area contributed by atoms with Crippen molar-refractivity contribution in [2.24, 2.45) is 0 Å². The minimum atomic E-state index is -1.60. The fourth-order valence-electron chi connectivity index (χ4n) is 0. The van der Waals surface area contributed by atoms with Crippen LogP contribution in [0.4, 0.5) is 4.39 Å². The molecule has 2 nitrogen and oxygen atoms in total. The first-order valence-corrected chi connectivity index (χ1v) is 1.22. The third-order valence-corrected chi connectivity index (χ3v) is 0.232. The fourth-order valence-corrected chi connectivity index (χ4v) is 0. The molecule has 0 amide bonds. The van der Waals surface area contributed by atoms with Gasteiger partial charge in [-0.2, -0.15) is 4.39 Å². The zero-order valence-electron chi connectivity index (χ0n) is 2.94. The first-order valence-electron chi connectivity index (χ1n) is 1.22. The Balaban J connectivity index is 0. The summed E-state index contributed by atoms with van der Waals surface area (Å²) in [5.74, 6) is -2.93. The summed E-state index contributed by atoms with van der Waals surface area (Å²) in [6.07, 6.45) is 0.